The maximum Gasteiger partial charge on any atom is 0.418 e. The fraction of sp³-hybridized carbons (Fsp3) is 0.435. The molecule has 9 nitrogen and oxygen atoms in total. The number of carbonyl (C=O) groups is 3. The summed E-state index contributed by atoms with van der Waals surface area (Å²) in [5, 5.41) is 0. The molecular weight excluding hydrogens is 1470 g/mol. The summed E-state index contributed by atoms with van der Waals surface area (Å²) in [6.45, 7) is -0.438. The Morgan fingerprint density at radius 3 is 0.590 bits per heavy atom. The van der Waals surface area contributed by atoms with Crippen molar-refractivity contribution in [2.45, 2.75) is 92.6 Å². The first-order valence-corrected chi connectivity index (χ1v) is 32.0. The molecule has 0 N–H and O–H groups in total. The molecule has 6 fully saturated rings. The van der Waals surface area contributed by atoms with Crippen LogP contribution in [0.25, 0.3) is 0 Å². The largest absolute Gasteiger partial charge is 0.418 e. The lowest BCUT2D eigenvalue weighted by atomic mass is 10.1. The van der Waals surface area contributed by atoms with Crippen LogP contribution < -0.4 is 14.7 Å². The standard InChI is InChI=1S/3C23H19F9N2O/c3*24-21(25,26)14-3-1-13(2-4-14)16-12-17(16)20(35)34-9-7-33(8-10-34)19-11-15(22(27,28)29)5-6-18(19)23(30,31)32/h3*1-6,11,16-17H,7-10,12H2/t16?,17-;2*16-,17-/m010/s1. The zero-order chi connectivity index (χ0) is 77.3. The third kappa shape index (κ3) is 18.7. The van der Waals surface area contributed by atoms with Gasteiger partial charge in [0.25, 0.3) is 0 Å². The number of anilines is 3. The van der Waals surface area contributed by atoms with Crippen LogP contribution in [0.3, 0.4) is 0 Å². The third-order valence-corrected chi connectivity index (χ3v) is 19.0. The van der Waals surface area contributed by atoms with Crippen molar-refractivity contribution in [3.05, 3.63) is 194 Å². The van der Waals surface area contributed by atoms with Gasteiger partial charge in [0, 0.05) is 113 Å². The van der Waals surface area contributed by atoms with E-state index >= 15 is 0 Å². The molecule has 3 heterocycles. The number of hydrogen-bond acceptors (Lipinski definition) is 6. The Balaban J connectivity index is 0.000000169. The van der Waals surface area contributed by atoms with Gasteiger partial charge in [0.05, 0.1) is 50.1 Å². The second-order valence-corrected chi connectivity index (χ2v) is 25.8. The second kappa shape index (κ2) is 28.8. The summed E-state index contributed by atoms with van der Waals surface area (Å²) in [6.07, 6.45) is -41.1. The number of rotatable bonds is 9. The highest BCUT2D eigenvalue weighted by Crippen LogP contribution is 2.53. The fourth-order valence-electron chi connectivity index (χ4n) is 13.1. The van der Waals surface area contributed by atoms with Crippen LogP contribution in [0.15, 0.2) is 127 Å². The molecule has 3 saturated carbocycles. The quantitative estimate of drug-likeness (QED) is 0.134. The van der Waals surface area contributed by atoms with Gasteiger partial charge in [-0.3, -0.25) is 14.4 Å². The number of alkyl halides is 27. The predicted octanol–water partition coefficient (Wildman–Crippen LogP) is 18.6. The normalized spacial score (nSPS) is 21.3. The molecule has 0 bridgehead atoms. The summed E-state index contributed by atoms with van der Waals surface area (Å²) in [4.78, 5) is 46.3. The molecule has 6 aliphatic rings. The van der Waals surface area contributed by atoms with Gasteiger partial charge in [0.15, 0.2) is 0 Å². The number of piperazine rings is 3. The van der Waals surface area contributed by atoms with Crippen molar-refractivity contribution in [1.82, 2.24) is 14.7 Å². The summed E-state index contributed by atoms with van der Waals surface area (Å²) in [5.41, 5.74) is -9.54. The van der Waals surface area contributed by atoms with E-state index in [1.54, 1.807) is 0 Å². The van der Waals surface area contributed by atoms with Gasteiger partial charge in [-0.1, -0.05) is 36.4 Å². The molecule has 6 atom stereocenters. The van der Waals surface area contributed by atoms with Crippen molar-refractivity contribution in [2.24, 2.45) is 17.8 Å². The van der Waals surface area contributed by atoms with Crippen molar-refractivity contribution in [3.63, 3.8) is 0 Å². The van der Waals surface area contributed by atoms with Crippen molar-refractivity contribution in [3.8, 4) is 0 Å². The Bertz CT molecular complexity index is 3660. The minimum Gasteiger partial charge on any atom is -0.367 e. The van der Waals surface area contributed by atoms with E-state index in [4.69, 9.17) is 0 Å². The van der Waals surface area contributed by atoms with Crippen LogP contribution in [0, 0.1) is 17.8 Å². The number of carbonyl (C=O) groups excluding carboxylic acids is 3. The minimum atomic E-state index is -4.85. The first kappa shape index (κ1) is 78.8. The van der Waals surface area contributed by atoms with Crippen molar-refractivity contribution in [1.29, 1.82) is 0 Å². The van der Waals surface area contributed by atoms with E-state index in [9.17, 15) is 133 Å². The second-order valence-electron chi connectivity index (χ2n) is 25.8. The topological polar surface area (TPSA) is 70.7 Å². The maximum absolute atomic E-state index is 13.4. The SMILES string of the molecule is O=C([C@@H]1C[C@@H]1c1ccc(C(F)(F)F)cc1)N1CCN(c2cc(C(F)(F)F)ccc2C(F)(F)F)CC1.O=C([C@H]1CC1c1ccc(C(F)(F)F)cc1)N1CCN(c2cc(C(F)(F)F)ccc2C(F)(F)F)CC1.O=C([C@H]1C[C@H]1c1ccc(C(F)(F)F)cc1)N1CCN(c2cc(C(F)(F)F)ccc2C(F)(F)F)CC1. The minimum absolute atomic E-state index is 0.0165. The van der Waals surface area contributed by atoms with E-state index < -0.39 is 140 Å². The highest BCUT2D eigenvalue weighted by Gasteiger charge is 2.51. The molecule has 36 heteroatoms. The van der Waals surface area contributed by atoms with Crippen molar-refractivity contribution in [2.75, 3.05) is 93.2 Å². The van der Waals surface area contributed by atoms with E-state index in [1.165, 1.54) is 65.8 Å². The first-order chi connectivity index (χ1) is 48.5. The fourth-order valence-corrected chi connectivity index (χ4v) is 13.1. The van der Waals surface area contributed by atoms with Crippen LogP contribution in [-0.4, -0.2) is 111 Å². The van der Waals surface area contributed by atoms with Crippen molar-refractivity contribution < 1.29 is 133 Å². The Kier molecular flexibility index (Phi) is 21.7. The molecule has 3 aliphatic carbocycles. The molecule has 6 aromatic carbocycles. The van der Waals surface area contributed by atoms with Gasteiger partial charge in [-0.15, -0.1) is 0 Å². The van der Waals surface area contributed by atoms with E-state index in [-0.39, 0.29) is 114 Å². The number of benzene rings is 6. The van der Waals surface area contributed by atoms with Gasteiger partial charge < -0.3 is 29.4 Å². The zero-order valence-corrected chi connectivity index (χ0v) is 53.8. The van der Waals surface area contributed by atoms with Gasteiger partial charge in [0.1, 0.15) is 0 Å². The maximum atomic E-state index is 13.4. The Hall–Kier alpha value is -8.76. The molecule has 6 aromatic rings. The molecule has 0 aromatic heterocycles. The summed E-state index contributed by atoms with van der Waals surface area (Å²) in [7, 11) is 0. The molecule has 3 saturated heterocycles. The van der Waals surface area contributed by atoms with Gasteiger partial charge in [0.2, 0.25) is 17.7 Å². The van der Waals surface area contributed by atoms with Crippen LogP contribution in [0.1, 0.15) is 104 Å². The summed E-state index contributed by atoms with van der Waals surface area (Å²) >= 11 is 0. The zero-order valence-electron chi connectivity index (χ0n) is 53.8. The van der Waals surface area contributed by atoms with E-state index in [1.807, 2.05) is 0 Å². The molecule has 12 rings (SSSR count). The highest BCUT2D eigenvalue weighted by atomic mass is 19.4. The third-order valence-electron chi connectivity index (χ3n) is 19.0. The molecule has 0 radical (unpaired) electrons. The predicted molar refractivity (Wildman–Crippen MR) is 323 cm³/mol. The number of halogens is 27. The number of amides is 3. The van der Waals surface area contributed by atoms with E-state index in [2.05, 4.69) is 0 Å². The molecule has 0 spiro atoms. The first-order valence-electron chi connectivity index (χ1n) is 32.0. The van der Waals surface area contributed by atoms with Crippen LogP contribution in [0.4, 0.5) is 136 Å². The van der Waals surface area contributed by atoms with E-state index in [0.29, 0.717) is 90.6 Å². The smallest absolute Gasteiger partial charge is 0.367 e. The lowest BCUT2D eigenvalue weighted by molar-refractivity contribution is -0.141. The summed E-state index contributed by atoms with van der Waals surface area (Å²) < 4.78 is 353. The van der Waals surface area contributed by atoms with Crippen LogP contribution >= 0.6 is 0 Å². The van der Waals surface area contributed by atoms with Gasteiger partial charge in [-0.2, -0.15) is 119 Å². The lowest BCUT2D eigenvalue weighted by Gasteiger charge is -2.37. The molecular formula is C69H57F27N6O3. The van der Waals surface area contributed by atoms with E-state index in [0.717, 1.165) is 36.4 Å². The average Bonchev–Trinajstić information content (AvgIpc) is 1.74. The Morgan fingerprint density at radius 2 is 0.419 bits per heavy atom. The Labute approximate surface area is 578 Å². The Morgan fingerprint density at radius 1 is 0.238 bits per heavy atom. The summed E-state index contributed by atoms with van der Waals surface area (Å²) in [5.74, 6) is -2.89. The van der Waals surface area contributed by atoms with Gasteiger partial charge >= 0.3 is 55.6 Å². The molecule has 1 unspecified atom stereocenters. The molecule has 3 amide bonds. The van der Waals surface area contributed by atoms with Crippen molar-refractivity contribution >= 4 is 34.8 Å². The monoisotopic (exact) mass is 1530 g/mol. The van der Waals surface area contributed by atoms with Gasteiger partial charge in [-0.05, 0) is 145 Å². The number of nitrogens with zero attached hydrogens (tertiary/aromatic N) is 6. The lowest BCUT2D eigenvalue weighted by Crippen LogP contribution is -2.49. The summed E-state index contributed by atoms with van der Waals surface area (Å²) in [6, 6.07) is 17.4. The molecule has 570 valence electrons. The molecule has 105 heavy (non-hydrogen) atoms. The van der Waals surface area contributed by atoms with Gasteiger partial charge in [-0.25, -0.2) is 0 Å². The average molecular weight is 1530 g/mol. The number of hydrogen-bond donors (Lipinski definition) is 0. The molecule has 3 aliphatic heterocycles. The van der Waals surface area contributed by atoms with Crippen LogP contribution in [0.2, 0.25) is 0 Å². The van der Waals surface area contributed by atoms with Crippen LogP contribution in [-0.2, 0) is 70.0 Å². The van der Waals surface area contributed by atoms with Crippen LogP contribution in [0.5, 0.6) is 0 Å². The highest BCUT2D eigenvalue weighted by molar-refractivity contribution is 5.85.